The Bertz CT molecular complexity index is 397. The van der Waals surface area contributed by atoms with Crippen molar-refractivity contribution in [2.24, 2.45) is 11.8 Å². The Balaban J connectivity index is 1.75. The minimum Gasteiger partial charge on any atom is -0.308 e. The van der Waals surface area contributed by atoms with E-state index < -0.39 is 0 Å². The van der Waals surface area contributed by atoms with Crippen molar-refractivity contribution in [1.29, 1.82) is 0 Å². The molecule has 3 heteroatoms. The molecule has 19 heavy (non-hydrogen) atoms. The van der Waals surface area contributed by atoms with Gasteiger partial charge in [0.1, 0.15) is 5.01 Å². The van der Waals surface area contributed by atoms with Gasteiger partial charge in [0.25, 0.3) is 0 Å². The molecular formula is C16H26N2S. The number of thiazole rings is 1. The Hall–Kier alpha value is -0.410. The summed E-state index contributed by atoms with van der Waals surface area (Å²) in [5.74, 6) is 1.74. The SMILES string of the molecule is CCNC(c1nc2c(s1)CCC2)C1CCC(C)CC1. The predicted octanol–water partition coefficient (Wildman–Crippen LogP) is 4.11. The van der Waals surface area contributed by atoms with E-state index in [1.54, 1.807) is 4.88 Å². The fourth-order valence-electron chi connectivity index (χ4n) is 3.64. The summed E-state index contributed by atoms with van der Waals surface area (Å²) in [6.45, 7) is 5.68. The summed E-state index contributed by atoms with van der Waals surface area (Å²) in [5, 5.41) is 5.10. The van der Waals surface area contributed by atoms with E-state index in [1.807, 2.05) is 11.3 Å². The maximum atomic E-state index is 4.96. The van der Waals surface area contributed by atoms with Crippen LogP contribution in [0.3, 0.4) is 0 Å². The number of nitrogens with one attached hydrogen (secondary N) is 1. The van der Waals surface area contributed by atoms with Crippen molar-refractivity contribution in [1.82, 2.24) is 10.3 Å². The fourth-order valence-corrected chi connectivity index (χ4v) is 4.96. The van der Waals surface area contributed by atoms with Crippen LogP contribution in [0.5, 0.6) is 0 Å². The molecule has 1 aromatic heterocycles. The normalized spacial score (nSPS) is 28.3. The molecule has 1 unspecified atom stereocenters. The van der Waals surface area contributed by atoms with Crippen LogP contribution in [0.1, 0.15) is 67.6 Å². The van der Waals surface area contributed by atoms with Crippen LogP contribution in [0.25, 0.3) is 0 Å². The fraction of sp³-hybridized carbons (Fsp3) is 0.812. The van der Waals surface area contributed by atoms with Gasteiger partial charge in [-0.15, -0.1) is 11.3 Å². The molecule has 0 amide bonds. The summed E-state index contributed by atoms with van der Waals surface area (Å²) in [6, 6.07) is 0.521. The van der Waals surface area contributed by atoms with Gasteiger partial charge in [0.05, 0.1) is 11.7 Å². The van der Waals surface area contributed by atoms with Crippen molar-refractivity contribution in [2.45, 2.75) is 64.8 Å². The molecule has 106 valence electrons. The van der Waals surface area contributed by atoms with E-state index in [4.69, 9.17) is 4.98 Å². The molecule has 2 aliphatic rings. The first-order valence-corrected chi connectivity index (χ1v) is 8.81. The first-order valence-electron chi connectivity index (χ1n) is 7.99. The third-order valence-corrected chi connectivity index (χ3v) is 6.07. The van der Waals surface area contributed by atoms with Gasteiger partial charge in [0.2, 0.25) is 0 Å². The van der Waals surface area contributed by atoms with Crippen LogP contribution in [-0.2, 0) is 12.8 Å². The maximum absolute atomic E-state index is 4.96. The van der Waals surface area contributed by atoms with Gasteiger partial charge in [-0.2, -0.15) is 0 Å². The second-order valence-electron chi connectivity index (χ2n) is 6.33. The van der Waals surface area contributed by atoms with Gasteiger partial charge in [-0.3, -0.25) is 0 Å². The van der Waals surface area contributed by atoms with Crippen molar-refractivity contribution in [3.8, 4) is 0 Å². The highest BCUT2D eigenvalue weighted by Crippen LogP contribution is 2.39. The number of hydrogen-bond donors (Lipinski definition) is 1. The van der Waals surface area contributed by atoms with Gasteiger partial charge >= 0.3 is 0 Å². The summed E-state index contributed by atoms with van der Waals surface area (Å²) >= 11 is 1.99. The predicted molar refractivity (Wildman–Crippen MR) is 81.7 cm³/mol. The Labute approximate surface area is 121 Å². The minimum atomic E-state index is 0.521. The van der Waals surface area contributed by atoms with Crippen molar-refractivity contribution < 1.29 is 0 Å². The molecule has 1 atom stereocenters. The number of rotatable bonds is 4. The zero-order valence-corrected chi connectivity index (χ0v) is 13.1. The third-order valence-electron chi connectivity index (χ3n) is 4.83. The average molecular weight is 278 g/mol. The number of aryl methyl sites for hydroxylation is 2. The van der Waals surface area contributed by atoms with Gasteiger partial charge in [-0.25, -0.2) is 4.98 Å². The Morgan fingerprint density at radius 2 is 2.05 bits per heavy atom. The van der Waals surface area contributed by atoms with Crippen LogP contribution >= 0.6 is 11.3 Å². The standard InChI is InChI=1S/C16H26N2S/c1-3-17-15(12-9-7-11(2)8-10-12)16-18-13-5-4-6-14(13)19-16/h11-12,15,17H,3-10H2,1-2H3. The van der Waals surface area contributed by atoms with Crippen molar-refractivity contribution in [3.05, 3.63) is 15.6 Å². The van der Waals surface area contributed by atoms with E-state index in [-0.39, 0.29) is 0 Å². The summed E-state index contributed by atoms with van der Waals surface area (Å²) in [6.07, 6.45) is 9.36. The van der Waals surface area contributed by atoms with Gasteiger partial charge in [0.15, 0.2) is 0 Å². The van der Waals surface area contributed by atoms with Crippen LogP contribution < -0.4 is 5.32 Å². The van der Waals surface area contributed by atoms with Crippen molar-refractivity contribution in [2.75, 3.05) is 6.54 Å². The first kappa shape index (κ1) is 13.6. The lowest BCUT2D eigenvalue weighted by Gasteiger charge is -2.32. The highest BCUT2D eigenvalue weighted by molar-refractivity contribution is 7.11. The van der Waals surface area contributed by atoms with Gasteiger partial charge in [0, 0.05) is 4.88 Å². The van der Waals surface area contributed by atoms with E-state index in [9.17, 15) is 0 Å². The van der Waals surface area contributed by atoms with E-state index in [0.29, 0.717) is 6.04 Å². The van der Waals surface area contributed by atoms with Crippen LogP contribution in [-0.4, -0.2) is 11.5 Å². The average Bonchev–Trinajstić information content (AvgIpc) is 2.98. The van der Waals surface area contributed by atoms with Gasteiger partial charge < -0.3 is 5.32 Å². The largest absolute Gasteiger partial charge is 0.308 e. The Morgan fingerprint density at radius 1 is 1.26 bits per heavy atom. The summed E-state index contributed by atoms with van der Waals surface area (Å²) in [7, 11) is 0. The molecule has 0 radical (unpaired) electrons. The highest BCUT2D eigenvalue weighted by atomic mass is 32.1. The number of hydrogen-bond acceptors (Lipinski definition) is 3. The Kier molecular flexibility index (Phi) is 4.23. The molecule has 0 aromatic carbocycles. The first-order chi connectivity index (χ1) is 9.28. The quantitative estimate of drug-likeness (QED) is 0.896. The molecule has 1 aromatic rings. The van der Waals surface area contributed by atoms with Crippen LogP contribution in [0.2, 0.25) is 0 Å². The molecule has 0 aliphatic heterocycles. The van der Waals surface area contributed by atoms with Gasteiger partial charge in [-0.05, 0) is 50.5 Å². The molecule has 2 nitrogen and oxygen atoms in total. The van der Waals surface area contributed by atoms with E-state index >= 15 is 0 Å². The highest BCUT2D eigenvalue weighted by Gasteiger charge is 2.30. The van der Waals surface area contributed by atoms with Crippen molar-refractivity contribution >= 4 is 11.3 Å². The zero-order valence-electron chi connectivity index (χ0n) is 12.2. The molecule has 3 rings (SSSR count). The number of fused-ring (bicyclic) bond motifs is 1. The van der Waals surface area contributed by atoms with Crippen LogP contribution in [0.15, 0.2) is 0 Å². The second-order valence-corrected chi connectivity index (χ2v) is 7.45. The summed E-state index contributed by atoms with van der Waals surface area (Å²) < 4.78 is 0. The smallest absolute Gasteiger partial charge is 0.110 e. The molecule has 0 bridgehead atoms. The molecule has 1 N–H and O–H groups in total. The summed E-state index contributed by atoms with van der Waals surface area (Å²) in [5.41, 5.74) is 1.41. The lowest BCUT2D eigenvalue weighted by Crippen LogP contribution is -2.30. The zero-order chi connectivity index (χ0) is 13.2. The number of nitrogens with zero attached hydrogens (tertiary/aromatic N) is 1. The molecule has 1 saturated carbocycles. The van der Waals surface area contributed by atoms with Crippen LogP contribution in [0, 0.1) is 11.8 Å². The maximum Gasteiger partial charge on any atom is 0.110 e. The molecule has 1 fully saturated rings. The lowest BCUT2D eigenvalue weighted by molar-refractivity contribution is 0.233. The monoisotopic (exact) mass is 278 g/mol. The number of aromatic nitrogens is 1. The summed E-state index contributed by atoms with van der Waals surface area (Å²) in [4.78, 5) is 6.53. The van der Waals surface area contributed by atoms with E-state index in [2.05, 4.69) is 19.2 Å². The van der Waals surface area contributed by atoms with Gasteiger partial charge in [-0.1, -0.05) is 26.7 Å². The van der Waals surface area contributed by atoms with E-state index in [0.717, 1.165) is 18.4 Å². The molecular weight excluding hydrogens is 252 g/mol. The molecule has 2 aliphatic carbocycles. The van der Waals surface area contributed by atoms with Crippen LogP contribution in [0.4, 0.5) is 0 Å². The van der Waals surface area contributed by atoms with E-state index in [1.165, 1.54) is 55.6 Å². The molecule has 0 saturated heterocycles. The third kappa shape index (κ3) is 2.87. The second kappa shape index (κ2) is 5.92. The molecule has 0 spiro atoms. The van der Waals surface area contributed by atoms with Crippen molar-refractivity contribution in [3.63, 3.8) is 0 Å². The molecule has 1 heterocycles. The minimum absolute atomic E-state index is 0.521. The lowest BCUT2D eigenvalue weighted by atomic mass is 9.79. The Morgan fingerprint density at radius 3 is 2.74 bits per heavy atom. The topological polar surface area (TPSA) is 24.9 Å².